The number of aromatic nitrogens is 1. The average molecular weight is 396 g/mol. The highest BCUT2D eigenvalue weighted by Crippen LogP contribution is 2.41. The summed E-state index contributed by atoms with van der Waals surface area (Å²) in [5.41, 5.74) is 3.73. The lowest BCUT2D eigenvalue weighted by Gasteiger charge is -2.39. The maximum atomic E-state index is 12.8. The summed E-state index contributed by atoms with van der Waals surface area (Å²) in [6.07, 6.45) is 4.49. The smallest absolute Gasteiger partial charge is 0.419 e. The molecule has 4 rings (SSSR count). The molecule has 2 aromatic rings. The van der Waals surface area contributed by atoms with E-state index >= 15 is 0 Å². The summed E-state index contributed by atoms with van der Waals surface area (Å²) >= 11 is 0. The summed E-state index contributed by atoms with van der Waals surface area (Å²) in [4.78, 5) is 27.5. The van der Waals surface area contributed by atoms with Crippen molar-refractivity contribution in [2.75, 3.05) is 20.1 Å². The van der Waals surface area contributed by atoms with E-state index in [2.05, 4.69) is 29.4 Å². The second-order valence-electron chi connectivity index (χ2n) is 8.99. The van der Waals surface area contributed by atoms with Crippen LogP contribution < -0.4 is 5.32 Å². The van der Waals surface area contributed by atoms with Crippen molar-refractivity contribution in [2.45, 2.75) is 45.8 Å². The van der Waals surface area contributed by atoms with Crippen LogP contribution in [0.5, 0.6) is 0 Å². The van der Waals surface area contributed by atoms with Gasteiger partial charge in [0.2, 0.25) is 5.91 Å². The van der Waals surface area contributed by atoms with Crippen LogP contribution in [0, 0.1) is 5.92 Å². The van der Waals surface area contributed by atoms with E-state index in [0.29, 0.717) is 13.1 Å². The van der Waals surface area contributed by atoms with Gasteiger partial charge in [0, 0.05) is 30.7 Å². The number of fused-ring (bicyclic) bond motifs is 2. The second kappa shape index (κ2) is 7.02. The number of carbonyl (C=O) groups excluding carboxylic acids is 2. The molecule has 2 atom stereocenters. The number of likely N-dealkylation sites (N-methyl/N-ethyl adjacent to an activating group) is 1. The predicted molar refractivity (Wildman–Crippen MR) is 114 cm³/mol. The Balaban J connectivity index is 1.81. The van der Waals surface area contributed by atoms with Crippen molar-refractivity contribution in [3.05, 3.63) is 41.6 Å². The molecular weight excluding hydrogens is 366 g/mol. The van der Waals surface area contributed by atoms with E-state index in [1.807, 2.05) is 46.0 Å². The van der Waals surface area contributed by atoms with Crippen LogP contribution in [-0.2, 0) is 16.0 Å². The highest BCUT2D eigenvalue weighted by atomic mass is 16.6. The molecule has 1 aromatic heterocycles. The zero-order valence-electron chi connectivity index (χ0n) is 17.8. The molecule has 0 saturated carbocycles. The SMILES string of the molecule is CCNC(=O)C1C=C2c3cccc4c3c(cn4C(=O)OC(C)(C)C)CC2N(C)C1. The number of ether oxygens (including phenoxy) is 1. The van der Waals surface area contributed by atoms with Crippen molar-refractivity contribution >= 4 is 28.5 Å². The Morgan fingerprint density at radius 2 is 2.03 bits per heavy atom. The number of nitrogens with one attached hydrogen (secondary N) is 1. The van der Waals surface area contributed by atoms with Crippen molar-refractivity contribution in [3.63, 3.8) is 0 Å². The Bertz CT molecular complexity index is 1010. The average Bonchev–Trinajstić information content (AvgIpc) is 3.01. The van der Waals surface area contributed by atoms with E-state index in [-0.39, 0.29) is 24.0 Å². The van der Waals surface area contributed by atoms with Gasteiger partial charge in [-0.25, -0.2) is 4.79 Å². The lowest BCUT2D eigenvalue weighted by Crippen LogP contribution is -2.46. The molecule has 0 fully saturated rings. The molecule has 1 amide bonds. The molecule has 1 aromatic carbocycles. The van der Waals surface area contributed by atoms with E-state index in [4.69, 9.17) is 4.74 Å². The Hall–Kier alpha value is -2.60. The summed E-state index contributed by atoms with van der Waals surface area (Å²) in [6, 6.07) is 6.23. The van der Waals surface area contributed by atoms with Crippen molar-refractivity contribution in [2.24, 2.45) is 5.92 Å². The number of hydrogen-bond donors (Lipinski definition) is 1. The lowest BCUT2D eigenvalue weighted by atomic mass is 9.80. The minimum atomic E-state index is -0.553. The van der Waals surface area contributed by atoms with Crippen LogP contribution in [0.3, 0.4) is 0 Å². The van der Waals surface area contributed by atoms with Crippen molar-refractivity contribution < 1.29 is 14.3 Å². The molecule has 0 spiro atoms. The van der Waals surface area contributed by atoms with Crippen molar-refractivity contribution in [1.82, 2.24) is 14.8 Å². The summed E-state index contributed by atoms with van der Waals surface area (Å²) in [6.45, 7) is 8.88. The van der Waals surface area contributed by atoms with Gasteiger partial charge in [0.25, 0.3) is 0 Å². The minimum Gasteiger partial charge on any atom is -0.443 e. The Morgan fingerprint density at radius 3 is 2.72 bits per heavy atom. The molecule has 154 valence electrons. The Kier molecular flexibility index (Phi) is 4.77. The number of carbonyl (C=O) groups is 2. The van der Waals surface area contributed by atoms with E-state index < -0.39 is 5.60 Å². The third-order valence-electron chi connectivity index (χ3n) is 5.67. The summed E-state index contributed by atoms with van der Waals surface area (Å²) in [7, 11) is 2.07. The van der Waals surface area contributed by atoms with Gasteiger partial charge in [-0.1, -0.05) is 18.2 Å². The highest BCUT2D eigenvalue weighted by molar-refractivity contribution is 6.02. The monoisotopic (exact) mass is 395 g/mol. The normalized spacial score (nSPS) is 21.5. The fourth-order valence-corrected chi connectivity index (χ4v) is 4.49. The van der Waals surface area contributed by atoms with Crippen molar-refractivity contribution in [1.29, 1.82) is 0 Å². The standard InChI is InChI=1S/C23H29N3O3/c1-6-24-21(27)15-10-17-16-8-7-9-18-20(16)14(11-19(17)25(5)12-15)13-26(18)22(28)29-23(2,3)4/h7-10,13,15,19H,6,11-12H2,1-5H3,(H,24,27). The molecule has 2 heterocycles. The maximum absolute atomic E-state index is 12.8. The Morgan fingerprint density at radius 1 is 1.28 bits per heavy atom. The van der Waals surface area contributed by atoms with E-state index in [9.17, 15) is 9.59 Å². The summed E-state index contributed by atoms with van der Waals surface area (Å²) in [5.74, 6) is -0.106. The first-order valence-electron chi connectivity index (χ1n) is 10.3. The van der Waals surface area contributed by atoms with Crippen LogP contribution in [-0.4, -0.2) is 53.2 Å². The van der Waals surface area contributed by atoms with Gasteiger partial charge in [0.05, 0.1) is 11.4 Å². The topological polar surface area (TPSA) is 63.6 Å². The molecule has 1 aliphatic heterocycles. The first-order valence-corrected chi connectivity index (χ1v) is 10.3. The van der Waals surface area contributed by atoms with Crippen LogP contribution in [0.15, 0.2) is 30.5 Å². The lowest BCUT2D eigenvalue weighted by molar-refractivity contribution is -0.124. The van der Waals surface area contributed by atoms with Gasteiger partial charge in [-0.3, -0.25) is 14.3 Å². The van der Waals surface area contributed by atoms with Gasteiger partial charge in [0.1, 0.15) is 5.60 Å². The molecular formula is C23H29N3O3. The minimum absolute atomic E-state index is 0.0644. The van der Waals surface area contributed by atoms with Gasteiger partial charge in [-0.15, -0.1) is 0 Å². The van der Waals surface area contributed by atoms with Crippen LogP contribution in [0.1, 0.15) is 38.8 Å². The maximum Gasteiger partial charge on any atom is 0.419 e. The second-order valence-corrected chi connectivity index (χ2v) is 8.99. The van der Waals surface area contributed by atoms with Crippen LogP contribution in [0.2, 0.25) is 0 Å². The molecule has 6 heteroatoms. The zero-order valence-corrected chi connectivity index (χ0v) is 17.8. The van der Waals surface area contributed by atoms with E-state index in [1.165, 1.54) is 5.57 Å². The van der Waals surface area contributed by atoms with Crippen LogP contribution in [0.25, 0.3) is 16.5 Å². The van der Waals surface area contributed by atoms with Gasteiger partial charge in [0.15, 0.2) is 0 Å². The van der Waals surface area contributed by atoms with Gasteiger partial charge >= 0.3 is 6.09 Å². The van der Waals surface area contributed by atoms with Crippen LogP contribution >= 0.6 is 0 Å². The number of amides is 1. The molecule has 0 saturated heterocycles. The fraction of sp³-hybridized carbons (Fsp3) is 0.478. The molecule has 1 N–H and O–H groups in total. The zero-order chi connectivity index (χ0) is 20.9. The third-order valence-corrected chi connectivity index (χ3v) is 5.67. The van der Waals surface area contributed by atoms with Gasteiger partial charge < -0.3 is 10.1 Å². The predicted octanol–water partition coefficient (Wildman–Crippen LogP) is 3.43. The number of hydrogen-bond acceptors (Lipinski definition) is 4. The summed E-state index contributed by atoms with van der Waals surface area (Å²) < 4.78 is 7.23. The molecule has 1 aliphatic carbocycles. The van der Waals surface area contributed by atoms with Gasteiger partial charge in [-0.05, 0) is 63.9 Å². The van der Waals surface area contributed by atoms with Crippen LogP contribution in [0.4, 0.5) is 4.79 Å². The quantitative estimate of drug-likeness (QED) is 0.846. The van der Waals surface area contributed by atoms with E-state index in [1.54, 1.807) is 4.57 Å². The Labute approximate surface area is 171 Å². The van der Waals surface area contributed by atoms with Gasteiger partial charge in [-0.2, -0.15) is 0 Å². The molecule has 2 aliphatic rings. The van der Waals surface area contributed by atoms with Crippen molar-refractivity contribution in [3.8, 4) is 0 Å². The fourth-order valence-electron chi connectivity index (χ4n) is 4.49. The highest BCUT2D eigenvalue weighted by Gasteiger charge is 2.36. The molecule has 29 heavy (non-hydrogen) atoms. The molecule has 2 unspecified atom stereocenters. The molecule has 6 nitrogen and oxygen atoms in total. The number of benzene rings is 1. The number of rotatable bonds is 2. The molecule has 0 bridgehead atoms. The largest absolute Gasteiger partial charge is 0.443 e. The molecule has 0 radical (unpaired) electrons. The van der Waals surface area contributed by atoms with E-state index in [0.717, 1.165) is 28.5 Å². The first-order chi connectivity index (χ1) is 13.7. The first kappa shape index (κ1) is 19.7. The number of nitrogens with zero attached hydrogens (tertiary/aromatic N) is 2. The summed E-state index contributed by atoms with van der Waals surface area (Å²) in [5, 5.41) is 4.03. The third kappa shape index (κ3) is 3.46.